The van der Waals surface area contributed by atoms with Crippen LogP contribution in [0, 0.1) is 5.92 Å². The molecular formula is C16H23NO3S. The largest absolute Gasteiger partial charge is 0.393 e. The van der Waals surface area contributed by atoms with Gasteiger partial charge in [0.2, 0.25) is 10.0 Å². The number of hydrogen-bond donors (Lipinski definition) is 2. The van der Waals surface area contributed by atoms with Gasteiger partial charge in [-0.3, -0.25) is 0 Å². The molecule has 0 saturated heterocycles. The fourth-order valence-corrected chi connectivity index (χ4v) is 3.61. The number of rotatable bonds is 6. The Bertz CT molecular complexity index is 620. The van der Waals surface area contributed by atoms with Crippen LogP contribution in [0.5, 0.6) is 0 Å². The van der Waals surface area contributed by atoms with Crippen LogP contribution in [0.2, 0.25) is 0 Å². The Hall–Kier alpha value is -1.17. The van der Waals surface area contributed by atoms with Gasteiger partial charge in [-0.2, -0.15) is 0 Å². The maximum Gasteiger partial charge on any atom is 0.236 e. The van der Waals surface area contributed by atoms with Crippen LogP contribution >= 0.6 is 0 Å². The molecule has 1 aromatic rings. The minimum absolute atomic E-state index is 0.135. The Morgan fingerprint density at radius 3 is 2.67 bits per heavy atom. The van der Waals surface area contributed by atoms with E-state index in [1.54, 1.807) is 6.08 Å². The van der Waals surface area contributed by atoms with E-state index in [4.69, 9.17) is 0 Å². The van der Waals surface area contributed by atoms with Gasteiger partial charge in [-0.05, 0) is 42.4 Å². The van der Waals surface area contributed by atoms with E-state index in [0.717, 1.165) is 12.0 Å². The fourth-order valence-electron chi connectivity index (χ4n) is 2.39. The number of allylic oxidation sites excluding steroid dienone is 1. The maximum absolute atomic E-state index is 12.3. The molecule has 0 aromatic heterocycles. The third kappa shape index (κ3) is 4.15. The summed E-state index contributed by atoms with van der Waals surface area (Å²) in [6.07, 6.45) is 2.98. The van der Waals surface area contributed by atoms with Crippen molar-refractivity contribution in [1.29, 1.82) is 0 Å². The van der Waals surface area contributed by atoms with E-state index in [1.807, 2.05) is 38.1 Å². The first-order chi connectivity index (χ1) is 9.90. The van der Waals surface area contributed by atoms with Crippen molar-refractivity contribution in [3.05, 3.63) is 40.3 Å². The SMILES string of the molecule is CC(C)C(O)CCNS(=O)(=O)C1=Cc2ccccc2CC1. The number of sulfonamides is 1. The van der Waals surface area contributed by atoms with Gasteiger partial charge in [-0.25, -0.2) is 13.1 Å². The van der Waals surface area contributed by atoms with E-state index < -0.39 is 16.1 Å². The van der Waals surface area contributed by atoms with Gasteiger partial charge in [0.1, 0.15) is 0 Å². The van der Waals surface area contributed by atoms with Crippen LogP contribution in [0.25, 0.3) is 6.08 Å². The predicted octanol–water partition coefficient (Wildman–Crippen LogP) is 2.30. The molecule has 0 amide bonds. The number of aliphatic hydroxyl groups excluding tert-OH is 1. The molecule has 116 valence electrons. The standard InChI is InChI=1S/C16H23NO3S/c1-12(2)16(18)9-10-17-21(19,20)15-8-7-13-5-3-4-6-14(13)11-15/h3-6,11-12,16-18H,7-10H2,1-2H3. The molecule has 0 fully saturated rings. The zero-order valence-electron chi connectivity index (χ0n) is 12.5. The number of hydrogen-bond acceptors (Lipinski definition) is 3. The highest BCUT2D eigenvalue weighted by atomic mass is 32.2. The second kappa shape index (κ2) is 6.73. The predicted molar refractivity (Wildman–Crippen MR) is 85.1 cm³/mol. The molecular weight excluding hydrogens is 286 g/mol. The third-order valence-corrected chi connectivity index (χ3v) is 5.46. The molecule has 4 nitrogen and oxygen atoms in total. The topological polar surface area (TPSA) is 66.4 Å². The van der Waals surface area contributed by atoms with Crippen molar-refractivity contribution in [2.75, 3.05) is 6.54 Å². The highest BCUT2D eigenvalue weighted by Gasteiger charge is 2.21. The number of fused-ring (bicyclic) bond motifs is 1. The molecule has 1 aliphatic carbocycles. The lowest BCUT2D eigenvalue weighted by molar-refractivity contribution is 0.118. The fraction of sp³-hybridized carbons (Fsp3) is 0.500. The van der Waals surface area contributed by atoms with Crippen LogP contribution in [0.15, 0.2) is 29.2 Å². The lowest BCUT2D eigenvalue weighted by Crippen LogP contribution is -2.30. The molecule has 2 N–H and O–H groups in total. The minimum atomic E-state index is -3.45. The summed E-state index contributed by atoms with van der Waals surface area (Å²) in [5.41, 5.74) is 2.16. The Kier molecular flexibility index (Phi) is 5.19. The van der Waals surface area contributed by atoms with Gasteiger partial charge in [0.05, 0.1) is 11.0 Å². The van der Waals surface area contributed by atoms with Crippen LogP contribution in [-0.4, -0.2) is 26.2 Å². The number of aryl methyl sites for hydroxylation is 1. The van der Waals surface area contributed by atoms with Crippen LogP contribution in [0.3, 0.4) is 0 Å². The van der Waals surface area contributed by atoms with Gasteiger partial charge in [0, 0.05) is 6.54 Å². The van der Waals surface area contributed by atoms with Gasteiger partial charge in [-0.1, -0.05) is 38.1 Å². The molecule has 1 aliphatic rings. The summed E-state index contributed by atoms with van der Waals surface area (Å²) in [6.45, 7) is 4.10. The van der Waals surface area contributed by atoms with Crippen molar-refractivity contribution >= 4 is 16.1 Å². The van der Waals surface area contributed by atoms with Crippen LogP contribution in [-0.2, 0) is 16.4 Å². The maximum atomic E-state index is 12.3. The van der Waals surface area contributed by atoms with Gasteiger partial charge in [0.25, 0.3) is 0 Å². The van der Waals surface area contributed by atoms with Crippen molar-refractivity contribution in [3.8, 4) is 0 Å². The molecule has 2 rings (SSSR count). The first kappa shape index (κ1) is 16.2. The lowest BCUT2D eigenvalue weighted by atomic mass is 9.98. The van der Waals surface area contributed by atoms with E-state index in [-0.39, 0.29) is 12.5 Å². The van der Waals surface area contributed by atoms with Crippen molar-refractivity contribution < 1.29 is 13.5 Å². The molecule has 0 bridgehead atoms. The van der Waals surface area contributed by atoms with E-state index in [0.29, 0.717) is 17.7 Å². The van der Waals surface area contributed by atoms with Crippen molar-refractivity contribution in [1.82, 2.24) is 4.72 Å². The van der Waals surface area contributed by atoms with E-state index in [2.05, 4.69) is 4.72 Å². The van der Waals surface area contributed by atoms with Crippen LogP contribution in [0.4, 0.5) is 0 Å². The highest BCUT2D eigenvalue weighted by Crippen LogP contribution is 2.26. The first-order valence-corrected chi connectivity index (χ1v) is 8.84. The summed E-state index contributed by atoms with van der Waals surface area (Å²) in [7, 11) is -3.45. The molecule has 5 heteroatoms. The van der Waals surface area contributed by atoms with Gasteiger partial charge in [-0.15, -0.1) is 0 Å². The molecule has 0 saturated carbocycles. The van der Waals surface area contributed by atoms with Gasteiger partial charge in [0.15, 0.2) is 0 Å². The average Bonchev–Trinajstić information content (AvgIpc) is 2.46. The molecule has 21 heavy (non-hydrogen) atoms. The minimum Gasteiger partial charge on any atom is -0.393 e. The van der Waals surface area contributed by atoms with Crippen molar-refractivity contribution in [2.24, 2.45) is 5.92 Å². The number of nitrogens with one attached hydrogen (secondary N) is 1. The van der Waals surface area contributed by atoms with Crippen molar-refractivity contribution in [2.45, 2.75) is 39.2 Å². The molecule has 0 spiro atoms. The summed E-state index contributed by atoms with van der Waals surface area (Å²) >= 11 is 0. The van der Waals surface area contributed by atoms with Gasteiger partial charge < -0.3 is 5.11 Å². The number of aliphatic hydroxyl groups is 1. The van der Waals surface area contributed by atoms with Gasteiger partial charge >= 0.3 is 0 Å². The summed E-state index contributed by atoms with van der Waals surface area (Å²) < 4.78 is 27.2. The Morgan fingerprint density at radius 1 is 1.24 bits per heavy atom. The third-order valence-electron chi connectivity index (χ3n) is 3.86. The summed E-state index contributed by atoms with van der Waals surface area (Å²) in [6, 6.07) is 7.85. The second-order valence-corrected chi connectivity index (χ2v) is 7.63. The highest BCUT2D eigenvalue weighted by molar-refractivity contribution is 7.93. The normalized spacial score (nSPS) is 16.5. The smallest absolute Gasteiger partial charge is 0.236 e. The number of benzene rings is 1. The molecule has 1 unspecified atom stereocenters. The molecule has 0 radical (unpaired) electrons. The second-order valence-electron chi connectivity index (χ2n) is 5.81. The van der Waals surface area contributed by atoms with Crippen molar-refractivity contribution in [3.63, 3.8) is 0 Å². The Balaban J connectivity index is 2.03. The first-order valence-electron chi connectivity index (χ1n) is 7.36. The molecule has 1 aromatic carbocycles. The Labute approximate surface area is 126 Å². The van der Waals surface area contributed by atoms with E-state index >= 15 is 0 Å². The zero-order valence-corrected chi connectivity index (χ0v) is 13.4. The van der Waals surface area contributed by atoms with E-state index in [9.17, 15) is 13.5 Å². The lowest BCUT2D eigenvalue weighted by Gasteiger charge is -2.18. The van der Waals surface area contributed by atoms with Crippen LogP contribution in [0.1, 0.15) is 37.8 Å². The van der Waals surface area contributed by atoms with E-state index in [1.165, 1.54) is 5.56 Å². The van der Waals surface area contributed by atoms with Crippen LogP contribution < -0.4 is 4.72 Å². The summed E-state index contributed by atoms with van der Waals surface area (Å²) in [5.74, 6) is 0.135. The monoisotopic (exact) mass is 309 g/mol. The molecule has 1 atom stereocenters. The summed E-state index contributed by atoms with van der Waals surface area (Å²) in [5, 5.41) is 9.71. The molecule has 0 heterocycles. The quantitative estimate of drug-likeness (QED) is 0.847. The average molecular weight is 309 g/mol. The molecule has 0 aliphatic heterocycles. The summed E-state index contributed by atoms with van der Waals surface area (Å²) in [4.78, 5) is 0.431. The zero-order chi connectivity index (χ0) is 15.5. The Morgan fingerprint density at radius 2 is 1.95 bits per heavy atom.